The Bertz CT molecular complexity index is 653. The largest absolute Gasteiger partial charge is 0.381 e. The van der Waals surface area contributed by atoms with E-state index in [0.717, 1.165) is 38.6 Å². The highest BCUT2D eigenvalue weighted by Gasteiger charge is 2.19. The maximum absolute atomic E-state index is 6.08. The fraction of sp³-hybridized carbons (Fsp3) is 0.720. The van der Waals surface area contributed by atoms with Gasteiger partial charge in [0.05, 0.1) is 19.3 Å². The van der Waals surface area contributed by atoms with Gasteiger partial charge in [-0.1, -0.05) is 37.6 Å². The van der Waals surface area contributed by atoms with E-state index in [1.807, 2.05) is 0 Å². The normalized spacial score (nSPS) is 19.5. The average molecular weight is 431 g/mol. The Morgan fingerprint density at radius 2 is 1.90 bits per heavy atom. The Balaban J connectivity index is 1.47. The van der Waals surface area contributed by atoms with Gasteiger partial charge in [-0.15, -0.1) is 0 Å². The van der Waals surface area contributed by atoms with Crippen molar-refractivity contribution >= 4 is 5.96 Å². The van der Waals surface area contributed by atoms with Crippen molar-refractivity contribution in [3.63, 3.8) is 0 Å². The van der Waals surface area contributed by atoms with Crippen molar-refractivity contribution in [3.05, 3.63) is 35.4 Å². The first-order valence-corrected chi connectivity index (χ1v) is 12.3. The topological polar surface area (TPSA) is 58.1 Å². The van der Waals surface area contributed by atoms with Gasteiger partial charge in [0.1, 0.15) is 0 Å². The van der Waals surface area contributed by atoms with Crippen molar-refractivity contribution in [3.8, 4) is 0 Å². The minimum atomic E-state index is 0.327. The first-order chi connectivity index (χ1) is 15.3. The van der Waals surface area contributed by atoms with Gasteiger partial charge in [-0.25, -0.2) is 4.99 Å². The van der Waals surface area contributed by atoms with Gasteiger partial charge in [0.25, 0.3) is 0 Å². The lowest BCUT2D eigenvalue weighted by Crippen LogP contribution is -2.48. The highest BCUT2D eigenvalue weighted by molar-refractivity contribution is 5.80. The Morgan fingerprint density at radius 1 is 1.13 bits per heavy atom. The summed E-state index contributed by atoms with van der Waals surface area (Å²) in [5, 5.41) is 7.08. The lowest BCUT2D eigenvalue weighted by molar-refractivity contribution is -0.0390. The standard InChI is InChI=1S/C25H42N4O2/c1-3-5-13-29-14-9-23(10-15-29)28-25(26-4-2)27-19-21-7-6-8-22(18-21)20-31-24-11-16-30-17-12-24/h6-8,18,23-24H,3-5,9-17,19-20H2,1-2H3,(H2,26,27,28). The molecular weight excluding hydrogens is 388 g/mol. The summed E-state index contributed by atoms with van der Waals surface area (Å²) in [6.45, 7) is 11.9. The second-order valence-electron chi connectivity index (χ2n) is 8.75. The molecule has 6 nitrogen and oxygen atoms in total. The molecule has 3 rings (SSSR count). The molecule has 31 heavy (non-hydrogen) atoms. The smallest absolute Gasteiger partial charge is 0.191 e. The van der Waals surface area contributed by atoms with E-state index >= 15 is 0 Å². The SMILES string of the molecule is CCCCN1CCC(NC(=NCc2cccc(COC3CCOCC3)c2)NCC)CC1. The highest BCUT2D eigenvalue weighted by atomic mass is 16.5. The molecule has 1 aromatic carbocycles. The van der Waals surface area contributed by atoms with E-state index in [0.29, 0.717) is 25.3 Å². The molecule has 2 fully saturated rings. The van der Waals surface area contributed by atoms with Crippen LogP contribution >= 0.6 is 0 Å². The maximum atomic E-state index is 6.08. The second-order valence-corrected chi connectivity index (χ2v) is 8.75. The van der Waals surface area contributed by atoms with Crippen LogP contribution < -0.4 is 10.6 Å². The third-order valence-corrected chi connectivity index (χ3v) is 6.17. The number of benzene rings is 1. The number of likely N-dealkylation sites (tertiary alicyclic amines) is 1. The van der Waals surface area contributed by atoms with E-state index in [-0.39, 0.29) is 0 Å². The molecule has 0 aromatic heterocycles. The molecule has 2 saturated heterocycles. The molecule has 0 bridgehead atoms. The first kappa shape index (κ1) is 24.0. The second kappa shape index (κ2) is 13.7. The summed E-state index contributed by atoms with van der Waals surface area (Å²) < 4.78 is 11.5. The predicted molar refractivity (Wildman–Crippen MR) is 127 cm³/mol. The molecule has 0 spiro atoms. The summed E-state index contributed by atoms with van der Waals surface area (Å²) >= 11 is 0. The van der Waals surface area contributed by atoms with Crippen molar-refractivity contribution < 1.29 is 9.47 Å². The van der Waals surface area contributed by atoms with E-state index in [1.54, 1.807) is 0 Å². The molecule has 0 amide bonds. The zero-order valence-corrected chi connectivity index (χ0v) is 19.6. The van der Waals surface area contributed by atoms with Crippen LogP contribution in [-0.4, -0.2) is 62.4 Å². The van der Waals surface area contributed by atoms with Gasteiger partial charge in [0, 0.05) is 38.9 Å². The summed E-state index contributed by atoms with van der Waals surface area (Å²) in [6, 6.07) is 9.13. The number of nitrogens with one attached hydrogen (secondary N) is 2. The lowest BCUT2D eigenvalue weighted by atomic mass is 10.0. The van der Waals surface area contributed by atoms with Gasteiger partial charge < -0.3 is 25.0 Å². The van der Waals surface area contributed by atoms with Crippen LogP contribution in [0.1, 0.15) is 63.5 Å². The molecule has 0 saturated carbocycles. The monoisotopic (exact) mass is 430 g/mol. The average Bonchev–Trinajstić information content (AvgIpc) is 2.82. The molecule has 6 heteroatoms. The molecule has 0 unspecified atom stereocenters. The van der Waals surface area contributed by atoms with Crippen LogP contribution in [0.4, 0.5) is 0 Å². The zero-order valence-electron chi connectivity index (χ0n) is 19.6. The van der Waals surface area contributed by atoms with E-state index in [4.69, 9.17) is 14.5 Å². The first-order valence-electron chi connectivity index (χ1n) is 12.3. The van der Waals surface area contributed by atoms with Crippen LogP contribution in [0.5, 0.6) is 0 Å². The number of unbranched alkanes of at least 4 members (excludes halogenated alkanes) is 1. The number of hydrogen-bond acceptors (Lipinski definition) is 4. The highest BCUT2D eigenvalue weighted by Crippen LogP contribution is 2.15. The van der Waals surface area contributed by atoms with Crippen LogP contribution in [-0.2, 0) is 22.6 Å². The third-order valence-electron chi connectivity index (χ3n) is 6.17. The number of piperidine rings is 1. The van der Waals surface area contributed by atoms with Crippen molar-refractivity contribution in [1.29, 1.82) is 0 Å². The Morgan fingerprint density at radius 3 is 2.65 bits per heavy atom. The Kier molecular flexibility index (Phi) is 10.6. The molecule has 2 heterocycles. The van der Waals surface area contributed by atoms with Crippen molar-refractivity contribution in [2.75, 3.05) is 39.4 Å². The number of ether oxygens (including phenoxy) is 2. The summed E-state index contributed by atoms with van der Waals surface area (Å²) in [4.78, 5) is 7.46. The van der Waals surface area contributed by atoms with E-state index < -0.39 is 0 Å². The number of nitrogens with zero attached hydrogens (tertiary/aromatic N) is 2. The summed E-state index contributed by atoms with van der Waals surface area (Å²) in [7, 11) is 0. The van der Waals surface area contributed by atoms with Crippen LogP contribution in [0.15, 0.2) is 29.3 Å². The van der Waals surface area contributed by atoms with Gasteiger partial charge in [0.2, 0.25) is 0 Å². The Labute approximate surface area is 188 Å². The molecule has 2 aliphatic rings. The predicted octanol–water partition coefficient (Wildman–Crippen LogP) is 3.70. The molecule has 0 atom stereocenters. The molecule has 0 aliphatic carbocycles. The van der Waals surface area contributed by atoms with E-state index in [1.165, 1.54) is 56.4 Å². The van der Waals surface area contributed by atoms with E-state index in [2.05, 4.69) is 53.6 Å². The van der Waals surface area contributed by atoms with Gasteiger partial charge in [-0.05, 0) is 56.7 Å². The van der Waals surface area contributed by atoms with Crippen LogP contribution in [0.3, 0.4) is 0 Å². The molecule has 0 radical (unpaired) electrons. The fourth-order valence-electron chi connectivity index (χ4n) is 4.24. The minimum Gasteiger partial charge on any atom is -0.381 e. The number of aliphatic imine (C=N–C) groups is 1. The molecular formula is C25H42N4O2. The number of hydrogen-bond donors (Lipinski definition) is 2. The van der Waals surface area contributed by atoms with Crippen LogP contribution in [0, 0.1) is 0 Å². The number of rotatable bonds is 10. The van der Waals surface area contributed by atoms with Crippen molar-refractivity contribution in [1.82, 2.24) is 15.5 Å². The molecule has 1 aromatic rings. The van der Waals surface area contributed by atoms with E-state index in [9.17, 15) is 0 Å². The van der Waals surface area contributed by atoms with Crippen LogP contribution in [0.25, 0.3) is 0 Å². The van der Waals surface area contributed by atoms with Gasteiger partial charge in [-0.2, -0.15) is 0 Å². The summed E-state index contributed by atoms with van der Waals surface area (Å²) in [6.07, 6.45) is 7.28. The molecule has 2 N–H and O–H groups in total. The Hall–Kier alpha value is -1.63. The van der Waals surface area contributed by atoms with Gasteiger partial charge >= 0.3 is 0 Å². The van der Waals surface area contributed by atoms with Crippen molar-refractivity contribution in [2.24, 2.45) is 4.99 Å². The maximum Gasteiger partial charge on any atom is 0.191 e. The minimum absolute atomic E-state index is 0.327. The third kappa shape index (κ3) is 8.79. The molecule has 2 aliphatic heterocycles. The lowest BCUT2D eigenvalue weighted by Gasteiger charge is -2.33. The van der Waals surface area contributed by atoms with Gasteiger partial charge in [-0.3, -0.25) is 0 Å². The van der Waals surface area contributed by atoms with Gasteiger partial charge in [0.15, 0.2) is 5.96 Å². The number of guanidine groups is 1. The summed E-state index contributed by atoms with van der Waals surface area (Å²) in [5.41, 5.74) is 2.44. The quantitative estimate of drug-likeness (QED) is 0.438. The fourth-order valence-corrected chi connectivity index (χ4v) is 4.24. The summed E-state index contributed by atoms with van der Waals surface area (Å²) in [5.74, 6) is 0.929. The zero-order chi connectivity index (χ0) is 21.7. The van der Waals surface area contributed by atoms with Crippen molar-refractivity contribution in [2.45, 2.75) is 77.7 Å². The molecule has 174 valence electrons. The van der Waals surface area contributed by atoms with Crippen LogP contribution in [0.2, 0.25) is 0 Å².